The van der Waals surface area contributed by atoms with Crippen molar-refractivity contribution in [2.45, 2.75) is 6.92 Å². The number of benzene rings is 3. The molecular formula is C23H18N2O5. The number of ether oxygens (including phenoxy) is 3. The maximum Gasteiger partial charge on any atom is 0.343 e. The molecule has 0 unspecified atom stereocenters. The first kappa shape index (κ1) is 19.2. The summed E-state index contributed by atoms with van der Waals surface area (Å²) >= 11 is 0. The number of hydrogen-bond acceptors (Lipinski definition) is 6. The third-order valence-electron chi connectivity index (χ3n) is 4.39. The molecule has 4 rings (SSSR count). The SMILES string of the molecule is Cc1ccc(C(=O)Oc2ccc(C=NNC(=O)c3ccc4c(c3)OCO4)cc2)cc1. The van der Waals surface area contributed by atoms with Crippen LogP contribution in [0.3, 0.4) is 0 Å². The summed E-state index contributed by atoms with van der Waals surface area (Å²) in [6.45, 7) is 2.10. The lowest BCUT2D eigenvalue weighted by Crippen LogP contribution is -2.17. The van der Waals surface area contributed by atoms with Crippen molar-refractivity contribution in [3.05, 3.63) is 89.0 Å². The molecule has 0 aromatic heterocycles. The van der Waals surface area contributed by atoms with E-state index in [1.807, 2.05) is 19.1 Å². The molecule has 0 saturated heterocycles. The number of carbonyl (C=O) groups is 2. The van der Waals surface area contributed by atoms with Crippen molar-refractivity contribution in [3.63, 3.8) is 0 Å². The van der Waals surface area contributed by atoms with Gasteiger partial charge in [0.25, 0.3) is 5.91 Å². The zero-order chi connectivity index (χ0) is 20.9. The van der Waals surface area contributed by atoms with Crippen LogP contribution in [0.5, 0.6) is 17.2 Å². The second-order valence-electron chi connectivity index (χ2n) is 6.59. The molecule has 1 amide bonds. The molecule has 0 aliphatic carbocycles. The Morgan fingerprint density at radius 1 is 0.933 bits per heavy atom. The number of aryl methyl sites for hydroxylation is 1. The van der Waals surface area contributed by atoms with Crippen molar-refractivity contribution in [1.29, 1.82) is 0 Å². The van der Waals surface area contributed by atoms with Gasteiger partial charge >= 0.3 is 5.97 Å². The fourth-order valence-corrected chi connectivity index (χ4v) is 2.75. The molecule has 3 aromatic carbocycles. The van der Waals surface area contributed by atoms with E-state index in [4.69, 9.17) is 14.2 Å². The van der Waals surface area contributed by atoms with Gasteiger partial charge in [-0.15, -0.1) is 0 Å². The van der Waals surface area contributed by atoms with Crippen molar-refractivity contribution in [2.75, 3.05) is 6.79 Å². The first-order valence-electron chi connectivity index (χ1n) is 9.20. The van der Waals surface area contributed by atoms with Gasteiger partial charge in [0.2, 0.25) is 6.79 Å². The molecule has 0 bridgehead atoms. The van der Waals surface area contributed by atoms with E-state index < -0.39 is 5.97 Å². The largest absolute Gasteiger partial charge is 0.454 e. The van der Waals surface area contributed by atoms with Crippen LogP contribution in [0, 0.1) is 6.92 Å². The van der Waals surface area contributed by atoms with Crippen molar-refractivity contribution < 1.29 is 23.8 Å². The number of hydrazone groups is 1. The Morgan fingerprint density at radius 2 is 1.63 bits per heavy atom. The van der Waals surface area contributed by atoms with Crippen molar-refractivity contribution >= 4 is 18.1 Å². The summed E-state index contributed by atoms with van der Waals surface area (Å²) in [7, 11) is 0. The van der Waals surface area contributed by atoms with Gasteiger partial charge in [-0.2, -0.15) is 5.10 Å². The quantitative estimate of drug-likeness (QED) is 0.304. The van der Waals surface area contributed by atoms with E-state index in [0.29, 0.717) is 28.4 Å². The lowest BCUT2D eigenvalue weighted by Gasteiger charge is -2.05. The van der Waals surface area contributed by atoms with E-state index in [1.54, 1.807) is 54.6 Å². The Morgan fingerprint density at radius 3 is 2.40 bits per heavy atom. The summed E-state index contributed by atoms with van der Waals surface area (Å²) in [5.74, 6) is 0.767. The summed E-state index contributed by atoms with van der Waals surface area (Å²) in [5.41, 5.74) is 5.16. The molecule has 3 aromatic rings. The number of rotatable bonds is 5. The second kappa shape index (κ2) is 8.48. The van der Waals surface area contributed by atoms with Gasteiger partial charge < -0.3 is 14.2 Å². The van der Waals surface area contributed by atoms with Crippen LogP contribution in [-0.4, -0.2) is 24.9 Å². The number of nitrogens with one attached hydrogen (secondary N) is 1. The molecule has 0 saturated carbocycles. The number of fused-ring (bicyclic) bond motifs is 1. The average Bonchev–Trinajstić information content (AvgIpc) is 3.23. The van der Waals surface area contributed by atoms with Crippen LogP contribution in [0.15, 0.2) is 71.8 Å². The number of amides is 1. The summed E-state index contributed by atoms with van der Waals surface area (Å²) in [6, 6.07) is 18.9. The minimum atomic E-state index is -0.424. The highest BCUT2D eigenvalue weighted by Gasteiger charge is 2.15. The second-order valence-corrected chi connectivity index (χ2v) is 6.59. The lowest BCUT2D eigenvalue weighted by atomic mass is 10.1. The molecule has 1 N–H and O–H groups in total. The average molecular weight is 402 g/mol. The zero-order valence-electron chi connectivity index (χ0n) is 16.1. The molecule has 30 heavy (non-hydrogen) atoms. The number of nitrogens with zero attached hydrogens (tertiary/aromatic N) is 1. The molecule has 150 valence electrons. The van der Waals surface area contributed by atoms with Crippen LogP contribution in [0.2, 0.25) is 0 Å². The summed E-state index contributed by atoms with van der Waals surface area (Å²) in [6.07, 6.45) is 1.50. The summed E-state index contributed by atoms with van der Waals surface area (Å²) < 4.78 is 15.8. The molecule has 7 nitrogen and oxygen atoms in total. The van der Waals surface area contributed by atoms with Crippen molar-refractivity contribution in [2.24, 2.45) is 5.10 Å². The first-order valence-corrected chi connectivity index (χ1v) is 9.20. The van der Waals surface area contributed by atoms with Gasteiger partial charge in [0, 0.05) is 5.56 Å². The van der Waals surface area contributed by atoms with E-state index in [-0.39, 0.29) is 12.7 Å². The van der Waals surface area contributed by atoms with E-state index in [0.717, 1.165) is 11.1 Å². The zero-order valence-corrected chi connectivity index (χ0v) is 16.1. The van der Waals surface area contributed by atoms with Gasteiger partial charge in [-0.1, -0.05) is 17.7 Å². The highest BCUT2D eigenvalue weighted by molar-refractivity contribution is 5.95. The Labute approximate surface area is 172 Å². The van der Waals surface area contributed by atoms with Gasteiger partial charge in [-0.05, 0) is 67.1 Å². The number of hydrogen-bond donors (Lipinski definition) is 1. The molecule has 0 fully saturated rings. The molecular weight excluding hydrogens is 384 g/mol. The third kappa shape index (κ3) is 4.47. The molecule has 1 aliphatic rings. The van der Waals surface area contributed by atoms with Crippen LogP contribution in [0.25, 0.3) is 0 Å². The van der Waals surface area contributed by atoms with Crippen LogP contribution >= 0.6 is 0 Å². The van der Waals surface area contributed by atoms with Crippen LogP contribution in [0.1, 0.15) is 31.8 Å². The van der Waals surface area contributed by atoms with Crippen LogP contribution in [-0.2, 0) is 0 Å². The monoisotopic (exact) mass is 402 g/mol. The third-order valence-corrected chi connectivity index (χ3v) is 4.39. The minimum Gasteiger partial charge on any atom is -0.454 e. The molecule has 0 radical (unpaired) electrons. The fourth-order valence-electron chi connectivity index (χ4n) is 2.75. The van der Waals surface area contributed by atoms with Gasteiger partial charge in [0.1, 0.15) is 5.75 Å². The van der Waals surface area contributed by atoms with E-state index in [1.165, 1.54) is 6.21 Å². The van der Waals surface area contributed by atoms with Crippen molar-refractivity contribution in [3.8, 4) is 17.2 Å². The maximum absolute atomic E-state index is 12.2. The first-order chi connectivity index (χ1) is 14.6. The van der Waals surface area contributed by atoms with E-state index in [2.05, 4.69) is 10.5 Å². The van der Waals surface area contributed by atoms with Gasteiger partial charge in [0.15, 0.2) is 11.5 Å². The molecule has 0 spiro atoms. The fraction of sp³-hybridized carbons (Fsp3) is 0.0870. The van der Waals surface area contributed by atoms with Gasteiger partial charge in [-0.3, -0.25) is 4.79 Å². The standard InChI is InChI=1S/C23H18N2O5/c1-15-2-6-17(7-3-15)23(27)30-19-9-4-16(5-10-19)13-24-25-22(26)18-8-11-20-21(12-18)29-14-28-20/h2-13H,14H2,1H3,(H,25,26). The number of esters is 1. The van der Waals surface area contributed by atoms with Gasteiger partial charge in [0.05, 0.1) is 11.8 Å². The maximum atomic E-state index is 12.2. The minimum absolute atomic E-state index is 0.148. The summed E-state index contributed by atoms with van der Waals surface area (Å²) in [5, 5.41) is 3.95. The smallest absolute Gasteiger partial charge is 0.343 e. The molecule has 0 atom stereocenters. The van der Waals surface area contributed by atoms with E-state index >= 15 is 0 Å². The highest BCUT2D eigenvalue weighted by atomic mass is 16.7. The summed E-state index contributed by atoms with van der Waals surface area (Å²) in [4.78, 5) is 24.3. The van der Waals surface area contributed by atoms with E-state index in [9.17, 15) is 9.59 Å². The predicted molar refractivity (Wildman–Crippen MR) is 110 cm³/mol. The normalized spacial score (nSPS) is 12.0. The number of carbonyl (C=O) groups excluding carboxylic acids is 2. The Bertz CT molecular complexity index is 1110. The lowest BCUT2D eigenvalue weighted by molar-refractivity contribution is 0.0734. The Kier molecular flexibility index (Phi) is 5.43. The molecule has 1 aliphatic heterocycles. The molecule has 7 heteroatoms. The Hall–Kier alpha value is -4.13. The predicted octanol–water partition coefficient (Wildman–Crippen LogP) is 3.71. The van der Waals surface area contributed by atoms with Gasteiger partial charge in [-0.25, -0.2) is 10.2 Å². The van der Waals surface area contributed by atoms with Crippen LogP contribution in [0.4, 0.5) is 0 Å². The topological polar surface area (TPSA) is 86.2 Å². The molecule has 1 heterocycles. The van der Waals surface area contributed by atoms with Crippen molar-refractivity contribution in [1.82, 2.24) is 5.43 Å². The Balaban J connectivity index is 1.33. The highest BCUT2D eigenvalue weighted by Crippen LogP contribution is 2.32. The van der Waals surface area contributed by atoms with Crippen LogP contribution < -0.4 is 19.6 Å².